The third-order valence-corrected chi connectivity index (χ3v) is 7.24. The van der Waals surface area contributed by atoms with E-state index in [0.29, 0.717) is 30.8 Å². The van der Waals surface area contributed by atoms with Crippen LogP contribution in [0.1, 0.15) is 151 Å². The number of unbranched alkanes of at least 4 members (excludes halogenated alkanes) is 7. The molecule has 0 aromatic rings. The number of Topliss-reactive ketones (excluding diaryl/α,β-unsaturated/α-hetero) is 1. The summed E-state index contributed by atoms with van der Waals surface area (Å²) >= 11 is 1.16. The third kappa shape index (κ3) is 54.5. The van der Waals surface area contributed by atoms with Crippen molar-refractivity contribution in [3.63, 3.8) is 0 Å². The molecule has 10 nitrogen and oxygen atoms in total. The predicted molar refractivity (Wildman–Crippen MR) is 187 cm³/mol. The van der Waals surface area contributed by atoms with Gasteiger partial charge in [-0.1, -0.05) is 109 Å². The molecule has 0 bridgehead atoms. The van der Waals surface area contributed by atoms with Gasteiger partial charge in [-0.05, 0) is 51.9 Å². The van der Waals surface area contributed by atoms with E-state index in [1.165, 1.54) is 71.1 Å². The Bertz CT molecular complexity index is 708. The molecule has 0 heterocycles. The SMILES string of the molecule is C/C=C\CCCC.CC(=O)NC(C)CSC=O.CCCCCCCC(=O)CCC(CC)CCC.O=COCCCCO[N+](=O)[O-]. The number of ether oxygens (including phenoxy) is 1. The Morgan fingerprint density at radius 3 is 2.04 bits per heavy atom. The molecule has 0 saturated heterocycles. The molecule has 0 aliphatic rings. The average Bonchev–Trinajstić information content (AvgIpc) is 3.00. The highest BCUT2D eigenvalue weighted by Crippen LogP contribution is 2.18. The second-order valence-electron chi connectivity index (χ2n) is 10.8. The van der Waals surface area contributed by atoms with E-state index >= 15 is 0 Å². The van der Waals surface area contributed by atoms with Crippen molar-refractivity contribution in [1.29, 1.82) is 0 Å². The number of hydrogen-bond acceptors (Lipinski definition) is 9. The van der Waals surface area contributed by atoms with Crippen molar-refractivity contribution in [3.8, 4) is 0 Å². The van der Waals surface area contributed by atoms with Crippen LogP contribution in [0.15, 0.2) is 12.2 Å². The molecule has 0 saturated carbocycles. The van der Waals surface area contributed by atoms with Crippen molar-refractivity contribution in [3.05, 3.63) is 22.3 Å². The first-order chi connectivity index (χ1) is 21.6. The van der Waals surface area contributed by atoms with Crippen molar-refractivity contribution in [1.82, 2.24) is 5.32 Å². The van der Waals surface area contributed by atoms with E-state index in [0.717, 1.165) is 49.0 Å². The van der Waals surface area contributed by atoms with Crippen LogP contribution in [0.5, 0.6) is 0 Å². The second-order valence-corrected chi connectivity index (χ2v) is 11.6. The van der Waals surface area contributed by atoms with Crippen LogP contribution in [-0.4, -0.2) is 53.9 Å². The summed E-state index contributed by atoms with van der Waals surface area (Å²) in [4.78, 5) is 55.1. The van der Waals surface area contributed by atoms with E-state index in [-0.39, 0.29) is 25.2 Å². The van der Waals surface area contributed by atoms with Gasteiger partial charge in [0.25, 0.3) is 11.6 Å². The van der Waals surface area contributed by atoms with Crippen molar-refractivity contribution >= 4 is 35.5 Å². The van der Waals surface area contributed by atoms with E-state index in [4.69, 9.17) is 0 Å². The molecule has 2 unspecified atom stereocenters. The van der Waals surface area contributed by atoms with E-state index in [1.807, 2.05) is 6.92 Å². The number of hydrogen-bond donors (Lipinski definition) is 1. The Labute approximate surface area is 278 Å². The predicted octanol–water partition coefficient (Wildman–Crippen LogP) is 8.86. The number of thioether (sulfide) groups is 1. The summed E-state index contributed by atoms with van der Waals surface area (Å²) < 4.78 is 4.33. The average molecular weight is 663 g/mol. The van der Waals surface area contributed by atoms with Crippen molar-refractivity contribution in [2.45, 2.75) is 157 Å². The molecule has 266 valence electrons. The van der Waals surface area contributed by atoms with Crippen LogP contribution in [0.25, 0.3) is 0 Å². The van der Waals surface area contributed by atoms with E-state index in [9.17, 15) is 29.3 Å². The summed E-state index contributed by atoms with van der Waals surface area (Å²) in [7, 11) is 0. The summed E-state index contributed by atoms with van der Waals surface area (Å²) in [6, 6.07) is 0.0766. The third-order valence-electron chi connectivity index (χ3n) is 6.41. The lowest BCUT2D eigenvalue weighted by molar-refractivity contribution is -0.757. The quantitative estimate of drug-likeness (QED) is 0.0316. The molecule has 1 N–H and O–H groups in total. The molecule has 0 radical (unpaired) electrons. The Balaban J connectivity index is -0.000000263. The van der Waals surface area contributed by atoms with Gasteiger partial charge in [-0.25, -0.2) is 0 Å². The lowest BCUT2D eigenvalue weighted by atomic mass is 9.93. The Kier molecular flexibility index (Phi) is 48.0. The summed E-state index contributed by atoms with van der Waals surface area (Å²) in [6.45, 7) is 15.0. The zero-order valence-corrected chi connectivity index (χ0v) is 30.3. The van der Waals surface area contributed by atoms with Crippen LogP contribution >= 0.6 is 11.8 Å². The minimum absolute atomic E-state index is 0.0508. The largest absolute Gasteiger partial charge is 0.468 e. The van der Waals surface area contributed by atoms with Crippen LogP contribution in [-0.2, 0) is 28.8 Å². The zero-order chi connectivity index (χ0) is 35.0. The van der Waals surface area contributed by atoms with Gasteiger partial charge in [-0.15, -0.1) is 10.1 Å². The molecule has 0 aliphatic heterocycles. The van der Waals surface area contributed by atoms with Crippen LogP contribution in [0.3, 0.4) is 0 Å². The molecule has 0 aromatic heterocycles. The van der Waals surface area contributed by atoms with Crippen molar-refractivity contribution in [2.75, 3.05) is 19.0 Å². The first-order valence-electron chi connectivity index (χ1n) is 16.9. The number of amides is 1. The first-order valence-corrected chi connectivity index (χ1v) is 17.9. The van der Waals surface area contributed by atoms with Gasteiger partial charge in [0.05, 0.1) is 13.2 Å². The van der Waals surface area contributed by atoms with Crippen LogP contribution in [0, 0.1) is 16.0 Å². The minimum Gasteiger partial charge on any atom is -0.468 e. The number of ketones is 1. The van der Waals surface area contributed by atoms with Gasteiger partial charge in [-0.2, -0.15) is 0 Å². The molecule has 0 rings (SSSR count). The highest BCUT2D eigenvalue weighted by Gasteiger charge is 2.08. The first kappa shape index (κ1) is 49.4. The number of carbonyl (C=O) groups is 4. The van der Waals surface area contributed by atoms with Crippen LogP contribution in [0.4, 0.5) is 0 Å². The van der Waals surface area contributed by atoms with Gasteiger partial charge in [0, 0.05) is 31.6 Å². The number of nitrogens with one attached hydrogen (secondary N) is 1. The fraction of sp³-hybridized carbons (Fsp3) is 0.824. The van der Waals surface area contributed by atoms with Crippen molar-refractivity contribution in [2.24, 2.45) is 5.92 Å². The van der Waals surface area contributed by atoms with Gasteiger partial charge >= 0.3 is 0 Å². The van der Waals surface area contributed by atoms with Crippen molar-refractivity contribution < 1.29 is 33.8 Å². The number of rotatable bonds is 26. The lowest BCUT2D eigenvalue weighted by Gasteiger charge is -2.12. The molecule has 0 aromatic carbocycles. The molecule has 1 amide bonds. The standard InChI is InChI=1S/C16H32O.C7H14.C6H11NO2S.C5H9NO5/c1-4-7-8-9-10-12-16(17)14-13-15(6-3)11-5-2;1-3-5-7-6-4-2;1-5(3-10-4-8)7-6(2)9;7-5-10-3-1-2-4-11-6(8)9/h15H,4-14H2,1-3H3;3,5H,4,6-7H2,1-2H3;4-5H,3H2,1-2H3,(H,7,9);5H,1-4H2/b;5-3-;;. The summed E-state index contributed by atoms with van der Waals surface area (Å²) in [5.74, 6) is 1.86. The maximum Gasteiger partial charge on any atom is 0.294 e. The second kappa shape index (κ2) is 43.7. The van der Waals surface area contributed by atoms with E-state index in [2.05, 4.69) is 61.7 Å². The molecule has 11 heteroatoms. The number of allylic oxidation sites excluding steroid dienone is 2. The molecule has 0 fully saturated rings. The molecule has 0 spiro atoms. The molecule has 2 atom stereocenters. The Morgan fingerprint density at radius 1 is 0.889 bits per heavy atom. The van der Waals surface area contributed by atoms with Gasteiger partial charge in [0.15, 0.2) is 5.62 Å². The van der Waals surface area contributed by atoms with Gasteiger partial charge in [0.1, 0.15) is 5.78 Å². The fourth-order valence-corrected chi connectivity index (χ4v) is 4.36. The molecule has 0 aliphatic carbocycles. The van der Waals surface area contributed by atoms with Gasteiger partial charge < -0.3 is 14.9 Å². The lowest BCUT2D eigenvalue weighted by Crippen LogP contribution is -2.32. The maximum atomic E-state index is 11.7. The topological polar surface area (TPSA) is 142 Å². The highest BCUT2D eigenvalue weighted by atomic mass is 32.2. The summed E-state index contributed by atoms with van der Waals surface area (Å²) in [6.07, 6.45) is 22.1. The number of carbonyl (C=O) groups excluding carboxylic acids is 4. The maximum absolute atomic E-state index is 11.7. The monoisotopic (exact) mass is 662 g/mol. The Hall–Kier alpha value is -2.43. The summed E-state index contributed by atoms with van der Waals surface area (Å²) in [5, 5.41) is 11.4. The normalized spacial score (nSPS) is 11.3. The van der Waals surface area contributed by atoms with E-state index in [1.54, 1.807) is 0 Å². The van der Waals surface area contributed by atoms with Crippen LogP contribution < -0.4 is 5.32 Å². The van der Waals surface area contributed by atoms with Gasteiger partial charge in [-0.3, -0.25) is 19.2 Å². The van der Waals surface area contributed by atoms with E-state index < -0.39 is 5.09 Å². The molecular weight excluding hydrogens is 596 g/mol. The Morgan fingerprint density at radius 2 is 1.53 bits per heavy atom. The zero-order valence-electron chi connectivity index (χ0n) is 29.5. The number of nitrogens with zero attached hydrogens (tertiary/aromatic N) is 1. The molecular formula is C34H66N2O8S. The van der Waals surface area contributed by atoms with Crippen LogP contribution in [0.2, 0.25) is 0 Å². The smallest absolute Gasteiger partial charge is 0.294 e. The fourth-order valence-electron chi connectivity index (χ4n) is 3.91. The minimum atomic E-state index is -0.847. The highest BCUT2D eigenvalue weighted by molar-refractivity contribution is 8.11. The van der Waals surface area contributed by atoms with Gasteiger partial charge in [0.2, 0.25) is 5.91 Å². The molecule has 45 heavy (non-hydrogen) atoms. The summed E-state index contributed by atoms with van der Waals surface area (Å²) in [5.41, 5.74) is 0.776.